The van der Waals surface area contributed by atoms with E-state index in [-0.39, 0.29) is 4.90 Å². The van der Waals surface area contributed by atoms with Gasteiger partial charge < -0.3 is 9.84 Å². The summed E-state index contributed by atoms with van der Waals surface area (Å²) in [6, 6.07) is 13.4. The summed E-state index contributed by atoms with van der Waals surface area (Å²) in [5.41, 5.74) is 0.845. The van der Waals surface area contributed by atoms with Gasteiger partial charge in [0.1, 0.15) is 11.5 Å². The zero-order chi connectivity index (χ0) is 15.5. The Morgan fingerprint density at radius 3 is 1.90 bits per heavy atom. The van der Waals surface area contributed by atoms with Gasteiger partial charge in [0.05, 0.1) is 11.0 Å². The third-order valence-electron chi connectivity index (χ3n) is 3.14. The maximum absolute atomic E-state index is 11.4. The van der Waals surface area contributed by atoms with Crippen molar-refractivity contribution in [1.29, 1.82) is 0 Å². The molecule has 0 aromatic heterocycles. The van der Waals surface area contributed by atoms with Crippen LogP contribution in [0.4, 0.5) is 0 Å². The largest absolute Gasteiger partial charge is 0.457 e. The second kappa shape index (κ2) is 6.28. The first-order valence-corrected chi connectivity index (χ1v) is 8.55. The minimum atomic E-state index is -3.19. The average molecular weight is 306 g/mol. The molecule has 4 nitrogen and oxygen atoms in total. The molecule has 0 bridgehead atoms. The lowest BCUT2D eigenvalue weighted by Gasteiger charge is -2.10. The van der Waals surface area contributed by atoms with Crippen molar-refractivity contribution in [2.75, 3.05) is 6.26 Å². The molecule has 0 saturated carbocycles. The van der Waals surface area contributed by atoms with Gasteiger partial charge in [0.2, 0.25) is 0 Å². The highest BCUT2D eigenvalue weighted by atomic mass is 32.2. The molecule has 2 rings (SSSR count). The van der Waals surface area contributed by atoms with Crippen molar-refractivity contribution in [1.82, 2.24) is 0 Å². The molecule has 0 radical (unpaired) electrons. The average Bonchev–Trinajstić information content (AvgIpc) is 2.47. The van der Waals surface area contributed by atoms with Crippen molar-refractivity contribution < 1.29 is 18.3 Å². The molecular weight excluding hydrogens is 288 g/mol. The zero-order valence-corrected chi connectivity index (χ0v) is 12.8. The standard InChI is InChI=1S/C16H18O4S/c1-3-16(17)12-4-6-13(7-5-12)20-14-8-10-15(11-9-14)21(2,18)19/h4-11,16-17H,3H2,1-2H3/t16-/m1/s1. The Morgan fingerprint density at radius 2 is 1.48 bits per heavy atom. The lowest BCUT2D eigenvalue weighted by atomic mass is 10.1. The van der Waals surface area contributed by atoms with Crippen LogP contribution in [0.15, 0.2) is 53.4 Å². The molecule has 112 valence electrons. The second-order valence-electron chi connectivity index (χ2n) is 4.84. The smallest absolute Gasteiger partial charge is 0.175 e. The number of hydrogen-bond donors (Lipinski definition) is 1. The van der Waals surface area contributed by atoms with Gasteiger partial charge in [-0.25, -0.2) is 8.42 Å². The minimum absolute atomic E-state index is 0.260. The van der Waals surface area contributed by atoms with E-state index < -0.39 is 15.9 Å². The van der Waals surface area contributed by atoms with Crippen molar-refractivity contribution in [3.8, 4) is 11.5 Å². The van der Waals surface area contributed by atoms with Gasteiger partial charge in [0, 0.05) is 6.26 Å². The normalized spacial score (nSPS) is 12.9. The molecular formula is C16H18O4S. The highest BCUT2D eigenvalue weighted by molar-refractivity contribution is 7.90. The van der Waals surface area contributed by atoms with Crippen molar-refractivity contribution in [3.63, 3.8) is 0 Å². The Kier molecular flexibility index (Phi) is 4.65. The van der Waals surface area contributed by atoms with Gasteiger partial charge in [-0.15, -0.1) is 0 Å². The first-order valence-electron chi connectivity index (χ1n) is 6.66. The van der Waals surface area contributed by atoms with Crippen LogP contribution in [-0.4, -0.2) is 19.8 Å². The predicted molar refractivity (Wildman–Crippen MR) is 81.3 cm³/mol. The number of benzene rings is 2. The highest BCUT2D eigenvalue weighted by Gasteiger charge is 2.07. The summed E-state index contributed by atoms with van der Waals surface area (Å²) >= 11 is 0. The second-order valence-corrected chi connectivity index (χ2v) is 6.85. The molecule has 5 heteroatoms. The Balaban J connectivity index is 2.11. The van der Waals surface area contributed by atoms with E-state index in [1.165, 1.54) is 18.4 Å². The van der Waals surface area contributed by atoms with Crippen molar-refractivity contribution in [2.24, 2.45) is 0 Å². The number of sulfone groups is 1. The van der Waals surface area contributed by atoms with Gasteiger partial charge in [-0.1, -0.05) is 19.1 Å². The Bertz CT molecular complexity index is 688. The van der Waals surface area contributed by atoms with Crippen LogP contribution >= 0.6 is 0 Å². The lowest BCUT2D eigenvalue weighted by molar-refractivity contribution is 0.173. The molecule has 0 fully saturated rings. The van der Waals surface area contributed by atoms with E-state index in [9.17, 15) is 13.5 Å². The summed E-state index contributed by atoms with van der Waals surface area (Å²) in [5, 5.41) is 9.72. The molecule has 0 aliphatic rings. The summed E-state index contributed by atoms with van der Waals surface area (Å²) in [5.74, 6) is 1.19. The molecule has 0 saturated heterocycles. The van der Waals surface area contributed by atoms with Crippen LogP contribution in [0.2, 0.25) is 0 Å². The lowest BCUT2D eigenvalue weighted by Crippen LogP contribution is -1.96. The molecule has 0 aliphatic carbocycles. The third-order valence-corrected chi connectivity index (χ3v) is 4.27. The molecule has 0 heterocycles. The van der Waals surface area contributed by atoms with E-state index in [2.05, 4.69) is 0 Å². The molecule has 1 atom stereocenters. The van der Waals surface area contributed by atoms with Crippen LogP contribution in [0.25, 0.3) is 0 Å². The Morgan fingerprint density at radius 1 is 1.00 bits per heavy atom. The van der Waals surface area contributed by atoms with Gasteiger partial charge in [-0.3, -0.25) is 0 Å². The highest BCUT2D eigenvalue weighted by Crippen LogP contribution is 2.25. The number of hydrogen-bond acceptors (Lipinski definition) is 4. The topological polar surface area (TPSA) is 63.6 Å². The summed E-state index contributed by atoms with van der Waals surface area (Å²) < 4.78 is 28.4. The molecule has 2 aromatic carbocycles. The number of aliphatic hydroxyl groups is 1. The van der Waals surface area contributed by atoms with Gasteiger partial charge in [0.15, 0.2) is 9.84 Å². The summed E-state index contributed by atoms with van der Waals surface area (Å²) in [6.07, 6.45) is 1.36. The van der Waals surface area contributed by atoms with E-state index in [1.807, 2.05) is 19.1 Å². The Labute approximate surface area is 124 Å². The number of rotatable bonds is 5. The van der Waals surface area contributed by atoms with Crippen LogP contribution in [0.3, 0.4) is 0 Å². The first kappa shape index (κ1) is 15.5. The molecule has 1 N–H and O–H groups in total. The maximum atomic E-state index is 11.4. The zero-order valence-electron chi connectivity index (χ0n) is 12.0. The summed E-state index contributed by atoms with van der Waals surface area (Å²) in [4.78, 5) is 0.260. The van der Waals surface area contributed by atoms with Crippen LogP contribution in [0, 0.1) is 0 Å². The molecule has 0 spiro atoms. The van der Waals surface area contributed by atoms with Gasteiger partial charge in [-0.05, 0) is 48.4 Å². The minimum Gasteiger partial charge on any atom is -0.457 e. The van der Waals surface area contributed by atoms with Crippen LogP contribution < -0.4 is 4.74 Å². The van der Waals surface area contributed by atoms with E-state index in [0.717, 1.165) is 5.56 Å². The molecule has 21 heavy (non-hydrogen) atoms. The van der Waals surface area contributed by atoms with Gasteiger partial charge in [0.25, 0.3) is 0 Å². The van der Waals surface area contributed by atoms with E-state index >= 15 is 0 Å². The molecule has 0 unspecified atom stereocenters. The van der Waals surface area contributed by atoms with E-state index in [4.69, 9.17) is 4.74 Å². The van der Waals surface area contributed by atoms with Gasteiger partial charge in [-0.2, -0.15) is 0 Å². The SMILES string of the molecule is CC[C@@H](O)c1ccc(Oc2ccc(S(C)(=O)=O)cc2)cc1. The van der Waals surface area contributed by atoms with E-state index in [0.29, 0.717) is 17.9 Å². The van der Waals surface area contributed by atoms with Gasteiger partial charge >= 0.3 is 0 Å². The van der Waals surface area contributed by atoms with Crippen LogP contribution in [0.1, 0.15) is 25.0 Å². The quantitative estimate of drug-likeness (QED) is 0.920. The fourth-order valence-electron chi connectivity index (χ4n) is 1.88. The summed E-state index contributed by atoms with van der Waals surface area (Å²) in [7, 11) is -3.19. The van der Waals surface area contributed by atoms with Crippen molar-refractivity contribution in [3.05, 3.63) is 54.1 Å². The Hall–Kier alpha value is -1.85. The predicted octanol–water partition coefficient (Wildman–Crippen LogP) is 3.33. The van der Waals surface area contributed by atoms with Crippen molar-refractivity contribution >= 4 is 9.84 Å². The fourth-order valence-corrected chi connectivity index (χ4v) is 2.52. The molecule has 0 amide bonds. The van der Waals surface area contributed by atoms with Crippen LogP contribution in [0.5, 0.6) is 11.5 Å². The first-order chi connectivity index (χ1) is 9.90. The third kappa shape index (κ3) is 4.06. The van der Waals surface area contributed by atoms with Crippen LogP contribution in [-0.2, 0) is 9.84 Å². The molecule has 0 aliphatic heterocycles. The number of aliphatic hydroxyl groups excluding tert-OH is 1. The molecule has 2 aromatic rings. The number of ether oxygens (including phenoxy) is 1. The van der Waals surface area contributed by atoms with Crippen molar-refractivity contribution in [2.45, 2.75) is 24.3 Å². The monoisotopic (exact) mass is 306 g/mol. The summed E-state index contributed by atoms with van der Waals surface area (Å²) in [6.45, 7) is 1.92. The fraction of sp³-hybridized carbons (Fsp3) is 0.250. The maximum Gasteiger partial charge on any atom is 0.175 e. The van der Waals surface area contributed by atoms with E-state index in [1.54, 1.807) is 24.3 Å².